The van der Waals surface area contributed by atoms with Gasteiger partial charge in [-0.3, -0.25) is 23.9 Å². The Morgan fingerprint density at radius 2 is 1.53 bits per heavy atom. The molecule has 12 nitrogen and oxygen atoms in total. The Morgan fingerprint density at radius 1 is 0.902 bits per heavy atom. The second kappa shape index (κ2) is 14.2. The summed E-state index contributed by atoms with van der Waals surface area (Å²) in [6, 6.07) is 16.5. The molecule has 0 unspecified atom stereocenters. The minimum Gasteiger partial charge on any atom is -0.324 e. The topological polar surface area (TPSA) is 151 Å². The first kappa shape index (κ1) is 37.0. The van der Waals surface area contributed by atoms with Gasteiger partial charge in [0.1, 0.15) is 6.54 Å². The van der Waals surface area contributed by atoms with Gasteiger partial charge in [-0.2, -0.15) is 13.2 Å². The van der Waals surface area contributed by atoms with E-state index in [1.807, 2.05) is 20.8 Å². The number of hydrogen-bond acceptors (Lipinski definition) is 7. The number of sulfonamides is 1. The first-order chi connectivity index (χ1) is 23.9. The largest absolute Gasteiger partial charge is 0.416 e. The second-order valence-electron chi connectivity index (χ2n) is 12.5. The average Bonchev–Trinajstić information content (AvgIpc) is 3.46. The van der Waals surface area contributed by atoms with Gasteiger partial charge in [-0.15, -0.1) is 0 Å². The Hall–Kier alpha value is -5.22. The lowest BCUT2D eigenvalue weighted by Gasteiger charge is -2.31. The molecule has 5 rings (SSSR count). The van der Waals surface area contributed by atoms with Crippen LogP contribution in [0.25, 0.3) is 0 Å². The first-order valence-electron chi connectivity index (χ1n) is 15.4. The highest BCUT2D eigenvalue weighted by atomic mass is 35.5. The molecule has 0 spiro atoms. The Labute approximate surface area is 295 Å². The van der Waals surface area contributed by atoms with E-state index in [4.69, 9.17) is 11.6 Å². The van der Waals surface area contributed by atoms with Gasteiger partial charge >= 0.3 is 12.2 Å². The van der Waals surface area contributed by atoms with Crippen LogP contribution in [0.1, 0.15) is 48.0 Å². The van der Waals surface area contributed by atoms with Gasteiger partial charge in [-0.1, -0.05) is 54.1 Å². The van der Waals surface area contributed by atoms with Crippen molar-refractivity contribution in [1.82, 2.24) is 19.2 Å². The van der Waals surface area contributed by atoms with E-state index in [0.717, 1.165) is 10.1 Å². The predicted octanol–water partition coefficient (Wildman–Crippen LogP) is 5.30. The molecule has 0 radical (unpaired) electrons. The van der Waals surface area contributed by atoms with Gasteiger partial charge in [0.05, 0.1) is 27.4 Å². The highest BCUT2D eigenvalue weighted by molar-refractivity contribution is 7.90. The Bertz CT molecular complexity index is 2150. The van der Waals surface area contributed by atoms with Crippen molar-refractivity contribution >= 4 is 51.0 Å². The van der Waals surface area contributed by atoms with E-state index in [1.54, 1.807) is 40.0 Å². The van der Waals surface area contributed by atoms with Crippen LogP contribution < -0.4 is 20.5 Å². The van der Waals surface area contributed by atoms with Gasteiger partial charge in [0, 0.05) is 25.0 Å². The Balaban J connectivity index is 1.43. The van der Waals surface area contributed by atoms with E-state index in [0.29, 0.717) is 30.8 Å². The van der Waals surface area contributed by atoms with Crippen LogP contribution in [0.4, 0.5) is 29.5 Å². The number of aromatic nitrogens is 2. The number of anilines is 2. The molecule has 1 aromatic heterocycles. The number of nitrogens with zero attached hydrogens (tertiary/aromatic N) is 4. The van der Waals surface area contributed by atoms with Crippen LogP contribution in [0, 0.1) is 0 Å². The van der Waals surface area contributed by atoms with Gasteiger partial charge in [0.2, 0.25) is 11.7 Å². The van der Waals surface area contributed by atoms with Gasteiger partial charge < -0.3 is 10.2 Å². The number of hydrogen-bond donors (Lipinski definition) is 2. The maximum atomic E-state index is 14.0. The van der Waals surface area contributed by atoms with Crippen LogP contribution in [-0.4, -0.2) is 59.3 Å². The number of urea groups is 1. The zero-order valence-corrected chi connectivity index (χ0v) is 29.1. The third-order valence-corrected chi connectivity index (χ3v) is 9.61. The van der Waals surface area contributed by atoms with Crippen molar-refractivity contribution < 1.29 is 36.0 Å². The van der Waals surface area contributed by atoms with Crippen LogP contribution in [-0.2, 0) is 34.0 Å². The molecule has 268 valence electrons. The molecule has 0 saturated carbocycles. The molecule has 2 N–H and O–H groups in total. The summed E-state index contributed by atoms with van der Waals surface area (Å²) in [7, 11) is -4.62. The Morgan fingerprint density at radius 3 is 2.14 bits per heavy atom. The number of alkyl halides is 3. The summed E-state index contributed by atoms with van der Waals surface area (Å²) in [5, 5.41) is 2.41. The number of carbonyl (C=O) groups is 3. The number of nitrogens with one attached hydrogen (secondary N) is 2. The number of benzene rings is 3. The van der Waals surface area contributed by atoms with Crippen molar-refractivity contribution in [3.63, 3.8) is 0 Å². The summed E-state index contributed by atoms with van der Waals surface area (Å²) in [4.78, 5) is 60.5. The summed E-state index contributed by atoms with van der Waals surface area (Å²) < 4.78 is 67.5. The highest BCUT2D eigenvalue weighted by Gasteiger charge is 2.39. The zero-order chi connectivity index (χ0) is 37.3. The minimum absolute atomic E-state index is 0.0956. The fourth-order valence-electron chi connectivity index (χ4n) is 5.40. The molecule has 3 aromatic carbocycles. The van der Waals surface area contributed by atoms with Crippen molar-refractivity contribution in [2.24, 2.45) is 0 Å². The lowest BCUT2D eigenvalue weighted by Crippen LogP contribution is -2.45. The molecule has 1 aliphatic heterocycles. The fraction of sp³-hybridized carbons (Fsp3) is 0.265. The van der Waals surface area contributed by atoms with Gasteiger partial charge in [-0.25, -0.2) is 22.9 Å². The van der Waals surface area contributed by atoms with Gasteiger partial charge in [-0.05, 0) is 62.7 Å². The van der Waals surface area contributed by atoms with E-state index >= 15 is 0 Å². The third-order valence-electron chi connectivity index (χ3n) is 7.96. The van der Waals surface area contributed by atoms with E-state index in [2.05, 4.69) is 10.3 Å². The molecular weight excluding hydrogens is 713 g/mol. The SMILES string of the molecule is CC(C)(C)N1CCN(c2nc(Cl)c(Cc3ccccc3)n(CC(=O)Nc3ccccc3C(=O)NS(=O)(=O)c3ccc(C(F)(F)F)cc3)c2=O)C1=O. The van der Waals surface area contributed by atoms with Gasteiger partial charge in [0.15, 0.2) is 5.15 Å². The molecule has 1 aliphatic rings. The number of halogens is 4. The van der Waals surface area contributed by atoms with Crippen molar-refractivity contribution in [1.29, 1.82) is 0 Å². The number of para-hydroxylation sites is 1. The van der Waals surface area contributed by atoms with Crippen molar-refractivity contribution in [2.75, 3.05) is 23.3 Å². The van der Waals surface area contributed by atoms with Crippen molar-refractivity contribution in [2.45, 2.75) is 50.3 Å². The minimum atomic E-state index is -4.70. The van der Waals surface area contributed by atoms with Crippen LogP contribution in [0.5, 0.6) is 0 Å². The van der Waals surface area contributed by atoms with Crippen LogP contribution >= 0.6 is 11.6 Å². The monoisotopic (exact) mass is 744 g/mol. The number of carbonyl (C=O) groups excluding carboxylic acids is 3. The zero-order valence-electron chi connectivity index (χ0n) is 27.5. The summed E-state index contributed by atoms with van der Waals surface area (Å²) in [5.74, 6) is -2.26. The molecule has 0 bridgehead atoms. The van der Waals surface area contributed by atoms with E-state index in [-0.39, 0.29) is 40.9 Å². The molecule has 0 aliphatic carbocycles. The molecule has 4 amide bonds. The van der Waals surface area contributed by atoms with Crippen LogP contribution in [0.2, 0.25) is 5.15 Å². The lowest BCUT2D eigenvalue weighted by molar-refractivity contribution is -0.137. The summed E-state index contributed by atoms with van der Waals surface area (Å²) in [5.41, 5.74) is -1.88. The summed E-state index contributed by atoms with van der Waals surface area (Å²) in [6.45, 7) is 5.38. The molecule has 1 saturated heterocycles. The molecule has 17 heteroatoms. The quantitative estimate of drug-likeness (QED) is 0.236. The summed E-state index contributed by atoms with van der Waals surface area (Å²) >= 11 is 6.64. The van der Waals surface area contributed by atoms with E-state index in [1.165, 1.54) is 29.2 Å². The fourth-order valence-corrected chi connectivity index (χ4v) is 6.61. The maximum absolute atomic E-state index is 14.0. The standard InChI is InChI=1S/C34H32ClF3N6O6S/c1-33(2,3)44-18-17-42(32(44)48)29-31(47)43(26(28(35)40-29)19-21-9-5-4-6-10-21)20-27(45)39-25-12-8-7-11-24(25)30(46)41-51(49,50)23-15-13-22(14-16-23)34(36,37)38/h4-16H,17-20H2,1-3H3,(H,39,45)(H,41,46). The Kier molecular flexibility index (Phi) is 10.3. The number of rotatable bonds is 9. The maximum Gasteiger partial charge on any atom is 0.416 e. The molecule has 1 fully saturated rings. The molecular formula is C34H32ClF3N6O6S. The molecule has 4 aromatic rings. The number of amides is 4. The molecule has 0 atom stereocenters. The van der Waals surface area contributed by atoms with E-state index < -0.39 is 62.1 Å². The van der Waals surface area contributed by atoms with Gasteiger partial charge in [0.25, 0.3) is 21.5 Å². The highest BCUT2D eigenvalue weighted by Crippen LogP contribution is 2.30. The summed E-state index contributed by atoms with van der Waals surface area (Å²) in [6.07, 6.45) is -4.60. The third kappa shape index (κ3) is 8.23. The normalized spacial score (nSPS) is 13.7. The molecule has 51 heavy (non-hydrogen) atoms. The predicted molar refractivity (Wildman–Crippen MR) is 183 cm³/mol. The van der Waals surface area contributed by atoms with Crippen molar-refractivity contribution in [3.05, 3.63) is 117 Å². The van der Waals surface area contributed by atoms with Crippen LogP contribution in [0.15, 0.2) is 88.6 Å². The second-order valence-corrected chi connectivity index (χ2v) is 14.6. The lowest BCUT2D eigenvalue weighted by atomic mass is 10.1. The molecule has 2 heterocycles. The van der Waals surface area contributed by atoms with Crippen LogP contribution in [0.3, 0.4) is 0 Å². The van der Waals surface area contributed by atoms with E-state index in [9.17, 15) is 40.8 Å². The van der Waals surface area contributed by atoms with Crippen molar-refractivity contribution in [3.8, 4) is 0 Å². The average molecular weight is 745 g/mol. The first-order valence-corrected chi connectivity index (χ1v) is 17.3. The smallest absolute Gasteiger partial charge is 0.324 e.